The van der Waals surface area contributed by atoms with Crippen molar-refractivity contribution in [3.8, 4) is 0 Å². The highest BCUT2D eigenvalue weighted by Crippen LogP contribution is 1.92. The smallest absolute Gasteiger partial charge is 0.239 e. The molecule has 0 unspecified atom stereocenters. The van der Waals surface area contributed by atoms with Gasteiger partial charge in [0.25, 0.3) is 0 Å². The van der Waals surface area contributed by atoms with Crippen molar-refractivity contribution in [2.45, 2.75) is 6.92 Å². The van der Waals surface area contributed by atoms with E-state index in [1.807, 2.05) is 18.2 Å². The lowest BCUT2D eigenvalue weighted by molar-refractivity contribution is -0.130. The fraction of sp³-hybridized carbons (Fsp3) is 0.273. The van der Waals surface area contributed by atoms with Crippen LogP contribution in [0.5, 0.6) is 0 Å². The van der Waals surface area contributed by atoms with Gasteiger partial charge in [0.2, 0.25) is 11.8 Å². The van der Waals surface area contributed by atoms with E-state index in [4.69, 9.17) is 0 Å². The number of rotatable bonds is 0. The molecule has 0 aromatic heterocycles. The molecule has 2 rings (SSSR count). The Morgan fingerprint density at radius 3 is 1.67 bits per heavy atom. The zero-order chi connectivity index (χ0) is 11.1. The number of piperazine rings is 1. The highest BCUT2D eigenvalue weighted by atomic mass is 16.2. The molecule has 1 aromatic carbocycles. The topological polar surface area (TPSA) is 58.2 Å². The minimum atomic E-state index is -0.121. The maximum atomic E-state index is 10.3. The highest BCUT2D eigenvalue weighted by Gasteiger charge is 2.11. The molecule has 1 heterocycles. The maximum Gasteiger partial charge on any atom is 0.239 e. The summed E-state index contributed by atoms with van der Waals surface area (Å²) in [5, 5.41) is 4.76. The Morgan fingerprint density at radius 2 is 1.40 bits per heavy atom. The van der Waals surface area contributed by atoms with Gasteiger partial charge >= 0.3 is 0 Å². The first-order valence-corrected chi connectivity index (χ1v) is 4.73. The molecule has 1 saturated heterocycles. The fourth-order valence-corrected chi connectivity index (χ4v) is 1.02. The van der Waals surface area contributed by atoms with Gasteiger partial charge in [-0.25, -0.2) is 0 Å². The Kier molecular flexibility index (Phi) is 4.34. The van der Waals surface area contributed by atoms with Crippen LogP contribution < -0.4 is 10.6 Å². The quantitative estimate of drug-likeness (QED) is 0.638. The van der Waals surface area contributed by atoms with E-state index in [1.165, 1.54) is 5.56 Å². The van der Waals surface area contributed by atoms with Gasteiger partial charge in [-0.15, -0.1) is 0 Å². The molecule has 0 atom stereocenters. The highest BCUT2D eigenvalue weighted by molar-refractivity contribution is 5.92. The van der Waals surface area contributed by atoms with Crippen molar-refractivity contribution in [1.29, 1.82) is 0 Å². The predicted octanol–water partition coefficient (Wildman–Crippen LogP) is 0.227. The molecule has 1 aliphatic rings. The van der Waals surface area contributed by atoms with Gasteiger partial charge in [-0.3, -0.25) is 9.59 Å². The van der Waals surface area contributed by atoms with Gasteiger partial charge in [0.05, 0.1) is 13.1 Å². The Labute approximate surface area is 88.7 Å². The summed E-state index contributed by atoms with van der Waals surface area (Å²) in [6.07, 6.45) is 0. The summed E-state index contributed by atoms with van der Waals surface area (Å²) >= 11 is 0. The van der Waals surface area contributed by atoms with E-state index >= 15 is 0 Å². The van der Waals surface area contributed by atoms with E-state index in [-0.39, 0.29) is 24.9 Å². The third-order valence-electron chi connectivity index (χ3n) is 1.83. The molecule has 4 nitrogen and oxygen atoms in total. The van der Waals surface area contributed by atoms with Gasteiger partial charge in [-0.05, 0) is 6.92 Å². The standard InChI is InChI=1S/C7H8.C4H6N2O2/c1-7-5-3-2-4-6-7;7-3-1-5-4(8)2-6-3/h2-6H,1H3;1-2H2,(H,5,8)(H,6,7). The Balaban J connectivity index is 0.000000151. The maximum absolute atomic E-state index is 10.3. The molecule has 0 bridgehead atoms. The minimum Gasteiger partial charge on any atom is -0.346 e. The van der Waals surface area contributed by atoms with Gasteiger partial charge in [0.15, 0.2) is 0 Å². The van der Waals surface area contributed by atoms with E-state index in [0.29, 0.717) is 0 Å². The largest absolute Gasteiger partial charge is 0.346 e. The van der Waals surface area contributed by atoms with Crippen LogP contribution in [-0.4, -0.2) is 24.9 Å². The van der Waals surface area contributed by atoms with Crippen LogP contribution in [0.25, 0.3) is 0 Å². The van der Waals surface area contributed by atoms with Gasteiger partial charge < -0.3 is 10.6 Å². The van der Waals surface area contributed by atoms with E-state index in [1.54, 1.807) is 0 Å². The number of nitrogens with one attached hydrogen (secondary N) is 2. The second-order valence-electron chi connectivity index (χ2n) is 3.21. The third kappa shape index (κ3) is 4.81. The van der Waals surface area contributed by atoms with Gasteiger partial charge in [-0.1, -0.05) is 35.9 Å². The van der Waals surface area contributed by atoms with Crippen LogP contribution in [0.3, 0.4) is 0 Å². The summed E-state index contributed by atoms with van der Waals surface area (Å²) in [7, 11) is 0. The Bertz CT molecular complexity index is 308. The van der Waals surface area contributed by atoms with Crippen molar-refractivity contribution in [2.24, 2.45) is 0 Å². The van der Waals surface area contributed by atoms with Crippen LogP contribution in [0.1, 0.15) is 5.56 Å². The van der Waals surface area contributed by atoms with E-state index in [0.717, 1.165) is 0 Å². The average Bonchev–Trinajstić information content (AvgIpc) is 2.25. The SMILES string of the molecule is Cc1ccccc1.O=C1CNC(=O)CN1. The molecular weight excluding hydrogens is 192 g/mol. The van der Waals surface area contributed by atoms with Crippen molar-refractivity contribution >= 4 is 11.8 Å². The monoisotopic (exact) mass is 206 g/mol. The molecule has 4 heteroatoms. The normalized spacial score (nSPS) is 14.5. The molecule has 0 radical (unpaired) electrons. The summed E-state index contributed by atoms with van der Waals surface area (Å²) in [5.41, 5.74) is 1.32. The third-order valence-corrected chi connectivity index (χ3v) is 1.83. The molecule has 2 N–H and O–H groups in total. The zero-order valence-electron chi connectivity index (χ0n) is 8.62. The second kappa shape index (κ2) is 5.80. The van der Waals surface area contributed by atoms with E-state index in [9.17, 15) is 9.59 Å². The lowest BCUT2D eigenvalue weighted by Crippen LogP contribution is -2.48. The van der Waals surface area contributed by atoms with Crippen LogP contribution >= 0.6 is 0 Å². The van der Waals surface area contributed by atoms with Crippen LogP contribution in [-0.2, 0) is 9.59 Å². The summed E-state index contributed by atoms with van der Waals surface area (Å²) in [6.45, 7) is 2.33. The van der Waals surface area contributed by atoms with Crippen LogP contribution in [0.4, 0.5) is 0 Å². The average molecular weight is 206 g/mol. The first-order chi connectivity index (χ1) is 7.18. The number of hydrogen-bond acceptors (Lipinski definition) is 2. The molecule has 1 aromatic rings. The van der Waals surface area contributed by atoms with E-state index in [2.05, 4.69) is 29.7 Å². The minimum absolute atomic E-state index is 0.121. The van der Waals surface area contributed by atoms with Crippen molar-refractivity contribution in [2.75, 3.05) is 13.1 Å². The Morgan fingerprint density at radius 1 is 0.933 bits per heavy atom. The zero-order valence-corrected chi connectivity index (χ0v) is 8.62. The van der Waals surface area contributed by atoms with Gasteiger partial charge in [0.1, 0.15) is 0 Å². The van der Waals surface area contributed by atoms with Crippen molar-refractivity contribution in [3.05, 3.63) is 35.9 Å². The number of carbonyl (C=O) groups is 2. The first kappa shape index (κ1) is 11.2. The lowest BCUT2D eigenvalue weighted by atomic mass is 10.2. The summed E-state index contributed by atoms with van der Waals surface area (Å²) in [4.78, 5) is 20.6. The first-order valence-electron chi connectivity index (χ1n) is 4.73. The van der Waals surface area contributed by atoms with Crippen molar-refractivity contribution in [1.82, 2.24) is 10.6 Å². The molecule has 15 heavy (non-hydrogen) atoms. The van der Waals surface area contributed by atoms with Crippen LogP contribution in [0.2, 0.25) is 0 Å². The summed E-state index contributed by atoms with van der Waals surface area (Å²) in [6, 6.07) is 10.3. The number of amides is 2. The van der Waals surface area contributed by atoms with E-state index < -0.39 is 0 Å². The molecule has 1 fully saturated rings. The lowest BCUT2D eigenvalue weighted by Gasteiger charge is -2.10. The Hall–Kier alpha value is -1.84. The molecule has 2 amide bonds. The van der Waals surface area contributed by atoms with Gasteiger partial charge in [0, 0.05) is 0 Å². The molecular formula is C11H14N2O2. The summed E-state index contributed by atoms with van der Waals surface area (Å²) < 4.78 is 0. The predicted molar refractivity (Wildman–Crippen MR) is 57.2 cm³/mol. The van der Waals surface area contributed by atoms with Crippen LogP contribution in [0, 0.1) is 6.92 Å². The second-order valence-corrected chi connectivity index (χ2v) is 3.21. The molecule has 0 aliphatic carbocycles. The van der Waals surface area contributed by atoms with Crippen molar-refractivity contribution in [3.63, 3.8) is 0 Å². The number of benzene rings is 1. The van der Waals surface area contributed by atoms with Crippen molar-refractivity contribution < 1.29 is 9.59 Å². The molecule has 80 valence electrons. The molecule has 0 spiro atoms. The van der Waals surface area contributed by atoms with Crippen LogP contribution in [0.15, 0.2) is 30.3 Å². The summed E-state index contributed by atoms with van der Waals surface area (Å²) in [5.74, 6) is -0.241. The number of carbonyl (C=O) groups excluding carboxylic acids is 2. The fourth-order valence-electron chi connectivity index (χ4n) is 1.02. The van der Waals surface area contributed by atoms with Gasteiger partial charge in [-0.2, -0.15) is 0 Å². The molecule has 1 aliphatic heterocycles. The molecule has 0 saturated carbocycles. The number of hydrogen-bond donors (Lipinski definition) is 2. The number of aryl methyl sites for hydroxylation is 1.